The van der Waals surface area contributed by atoms with E-state index in [1.165, 1.54) is 43.5 Å². The number of ether oxygens (including phenoxy) is 1. The first-order chi connectivity index (χ1) is 11.0. The standard InChI is InChI=1S/C15H11FN2O5/c1-22-14-7-6-10(8-13(14)18(20)21)9-17-23-15(19)11-4-2-3-5-12(11)16/h2-9H,1H3/b17-9+. The van der Waals surface area contributed by atoms with Gasteiger partial charge in [-0.2, -0.15) is 0 Å². The highest BCUT2D eigenvalue weighted by molar-refractivity contribution is 5.90. The van der Waals surface area contributed by atoms with E-state index in [-0.39, 0.29) is 17.0 Å². The molecule has 0 N–H and O–H groups in total. The van der Waals surface area contributed by atoms with Crippen molar-refractivity contribution in [2.24, 2.45) is 5.16 Å². The molecule has 0 aliphatic heterocycles. The van der Waals surface area contributed by atoms with Crippen LogP contribution in [-0.4, -0.2) is 24.2 Å². The summed E-state index contributed by atoms with van der Waals surface area (Å²) in [6, 6.07) is 9.38. The predicted molar refractivity (Wildman–Crippen MR) is 79.1 cm³/mol. The summed E-state index contributed by atoms with van der Waals surface area (Å²) in [6.07, 6.45) is 1.10. The molecule has 2 aromatic rings. The summed E-state index contributed by atoms with van der Waals surface area (Å²) in [6.45, 7) is 0. The average Bonchev–Trinajstić information content (AvgIpc) is 2.55. The van der Waals surface area contributed by atoms with Gasteiger partial charge in [-0.05, 0) is 24.3 Å². The first kappa shape index (κ1) is 16.1. The van der Waals surface area contributed by atoms with Crippen molar-refractivity contribution in [1.82, 2.24) is 0 Å². The summed E-state index contributed by atoms with van der Waals surface area (Å²) in [7, 11) is 1.31. The number of oxime groups is 1. The van der Waals surface area contributed by atoms with Gasteiger partial charge in [0.15, 0.2) is 5.75 Å². The number of methoxy groups -OCH3 is 1. The first-order valence-corrected chi connectivity index (χ1v) is 6.34. The number of nitro benzene ring substituents is 1. The molecule has 0 aliphatic rings. The second-order valence-electron chi connectivity index (χ2n) is 4.28. The molecule has 0 unspecified atom stereocenters. The van der Waals surface area contributed by atoms with Crippen molar-refractivity contribution in [3.05, 3.63) is 69.5 Å². The van der Waals surface area contributed by atoms with Crippen LogP contribution in [-0.2, 0) is 4.84 Å². The maximum Gasteiger partial charge on any atom is 0.368 e. The van der Waals surface area contributed by atoms with Gasteiger partial charge in [-0.3, -0.25) is 10.1 Å². The summed E-state index contributed by atoms with van der Waals surface area (Å²) in [5, 5.41) is 14.3. The molecular weight excluding hydrogens is 307 g/mol. The van der Waals surface area contributed by atoms with Crippen LogP contribution < -0.4 is 4.74 Å². The minimum Gasteiger partial charge on any atom is -0.490 e. The van der Waals surface area contributed by atoms with Gasteiger partial charge in [0.2, 0.25) is 0 Å². The Labute approximate surface area is 130 Å². The Hall–Kier alpha value is -3.29. The molecule has 0 saturated heterocycles. The number of carbonyl (C=O) groups excluding carboxylic acids is 1. The lowest BCUT2D eigenvalue weighted by Gasteiger charge is -2.02. The van der Waals surface area contributed by atoms with Crippen LogP contribution in [0, 0.1) is 15.9 Å². The second kappa shape index (κ2) is 7.12. The normalized spacial score (nSPS) is 10.5. The van der Waals surface area contributed by atoms with Gasteiger partial charge in [0.1, 0.15) is 5.82 Å². The van der Waals surface area contributed by atoms with E-state index in [1.54, 1.807) is 0 Å². The Morgan fingerprint density at radius 2 is 2.04 bits per heavy atom. The van der Waals surface area contributed by atoms with Crippen molar-refractivity contribution in [3.8, 4) is 5.75 Å². The van der Waals surface area contributed by atoms with Crippen molar-refractivity contribution in [2.75, 3.05) is 7.11 Å². The number of benzene rings is 2. The quantitative estimate of drug-likeness (QED) is 0.366. The van der Waals surface area contributed by atoms with Crippen LogP contribution in [0.15, 0.2) is 47.6 Å². The lowest BCUT2D eigenvalue weighted by atomic mass is 10.2. The summed E-state index contributed by atoms with van der Waals surface area (Å²) >= 11 is 0. The van der Waals surface area contributed by atoms with E-state index in [0.717, 1.165) is 12.3 Å². The molecule has 0 heterocycles. The van der Waals surface area contributed by atoms with Gasteiger partial charge in [-0.25, -0.2) is 9.18 Å². The van der Waals surface area contributed by atoms with Crippen LogP contribution in [0.2, 0.25) is 0 Å². The Bertz CT molecular complexity index is 776. The Kier molecular flexibility index (Phi) is 4.98. The molecule has 2 rings (SSSR count). The van der Waals surface area contributed by atoms with Gasteiger partial charge in [0.05, 0.1) is 23.8 Å². The zero-order valence-electron chi connectivity index (χ0n) is 11.9. The molecular formula is C15H11FN2O5. The van der Waals surface area contributed by atoms with Crippen LogP contribution in [0.25, 0.3) is 0 Å². The van der Waals surface area contributed by atoms with Gasteiger partial charge in [0, 0.05) is 11.6 Å². The van der Waals surface area contributed by atoms with Crippen molar-refractivity contribution in [3.63, 3.8) is 0 Å². The van der Waals surface area contributed by atoms with E-state index in [9.17, 15) is 19.3 Å². The summed E-state index contributed by atoms with van der Waals surface area (Å²) in [5.74, 6) is -1.61. The molecule has 2 aromatic carbocycles. The Morgan fingerprint density at radius 1 is 1.30 bits per heavy atom. The maximum atomic E-state index is 13.4. The molecule has 0 radical (unpaired) electrons. The third kappa shape index (κ3) is 3.88. The first-order valence-electron chi connectivity index (χ1n) is 6.34. The van der Waals surface area contributed by atoms with Crippen molar-refractivity contribution < 1.29 is 23.7 Å². The average molecular weight is 318 g/mol. The lowest BCUT2D eigenvalue weighted by molar-refractivity contribution is -0.385. The van der Waals surface area contributed by atoms with Gasteiger partial charge in [-0.15, -0.1) is 0 Å². The van der Waals surface area contributed by atoms with E-state index in [2.05, 4.69) is 9.99 Å². The Balaban J connectivity index is 2.12. The van der Waals surface area contributed by atoms with Crippen molar-refractivity contribution in [2.45, 2.75) is 0 Å². The largest absolute Gasteiger partial charge is 0.490 e. The number of nitro groups is 1. The molecule has 0 fully saturated rings. The number of carbonyl (C=O) groups is 1. The number of rotatable bonds is 5. The molecule has 23 heavy (non-hydrogen) atoms. The zero-order valence-corrected chi connectivity index (χ0v) is 11.9. The minimum absolute atomic E-state index is 0.0931. The number of nitrogens with zero attached hydrogens (tertiary/aromatic N) is 2. The van der Waals surface area contributed by atoms with E-state index in [4.69, 9.17) is 4.74 Å². The van der Waals surface area contributed by atoms with Crippen LogP contribution in [0.5, 0.6) is 5.75 Å². The van der Waals surface area contributed by atoms with Gasteiger partial charge in [0.25, 0.3) is 0 Å². The summed E-state index contributed by atoms with van der Waals surface area (Å²) in [4.78, 5) is 26.5. The molecule has 0 aromatic heterocycles. The molecule has 8 heteroatoms. The van der Waals surface area contributed by atoms with Gasteiger partial charge < -0.3 is 9.57 Å². The predicted octanol–water partition coefficient (Wildman–Crippen LogP) is 2.93. The summed E-state index contributed by atoms with van der Waals surface area (Å²) < 4.78 is 18.2. The van der Waals surface area contributed by atoms with E-state index in [0.29, 0.717) is 5.56 Å². The molecule has 0 bridgehead atoms. The van der Waals surface area contributed by atoms with Gasteiger partial charge in [-0.1, -0.05) is 17.3 Å². The Morgan fingerprint density at radius 3 is 2.70 bits per heavy atom. The molecule has 0 atom stereocenters. The third-order valence-electron chi connectivity index (χ3n) is 2.83. The van der Waals surface area contributed by atoms with Crippen LogP contribution in [0.3, 0.4) is 0 Å². The topological polar surface area (TPSA) is 91.0 Å². The fraction of sp³-hybridized carbons (Fsp3) is 0.0667. The van der Waals surface area contributed by atoms with Crippen LogP contribution >= 0.6 is 0 Å². The molecule has 0 aliphatic carbocycles. The summed E-state index contributed by atoms with van der Waals surface area (Å²) in [5.41, 5.74) is -0.193. The lowest BCUT2D eigenvalue weighted by Crippen LogP contribution is -2.04. The monoisotopic (exact) mass is 318 g/mol. The second-order valence-corrected chi connectivity index (χ2v) is 4.28. The highest BCUT2D eigenvalue weighted by atomic mass is 19.1. The van der Waals surface area contributed by atoms with Crippen molar-refractivity contribution >= 4 is 17.9 Å². The number of halogens is 1. The molecule has 118 valence electrons. The zero-order chi connectivity index (χ0) is 16.8. The molecule has 0 saturated carbocycles. The number of hydrogen-bond donors (Lipinski definition) is 0. The maximum absolute atomic E-state index is 13.4. The minimum atomic E-state index is -0.970. The fourth-order valence-electron chi connectivity index (χ4n) is 1.74. The molecule has 7 nitrogen and oxygen atoms in total. The van der Waals surface area contributed by atoms with Crippen molar-refractivity contribution in [1.29, 1.82) is 0 Å². The smallest absolute Gasteiger partial charge is 0.368 e. The van der Waals surface area contributed by atoms with Crippen LogP contribution in [0.4, 0.5) is 10.1 Å². The highest BCUT2D eigenvalue weighted by Crippen LogP contribution is 2.26. The molecule has 0 spiro atoms. The number of hydrogen-bond acceptors (Lipinski definition) is 6. The fourth-order valence-corrected chi connectivity index (χ4v) is 1.74. The third-order valence-corrected chi connectivity index (χ3v) is 2.83. The van der Waals surface area contributed by atoms with Crippen LogP contribution in [0.1, 0.15) is 15.9 Å². The highest BCUT2D eigenvalue weighted by Gasteiger charge is 2.15. The SMILES string of the molecule is COc1ccc(/C=N/OC(=O)c2ccccc2F)cc1[N+](=O)[O-]. The van der Waals surface area contributed by atoms with Gasteiger partial charge >= 0.3 is 11.7 Å². The van der Waals surface area contributed by atoms with E-state index in [1.807, 2.05) is 0 Å². The van der Waals surface area contributed by atoms with E-state index < -0.39 is 16.7 Å². The molecule has 0 amide bonds. The van der Waals surface area contributed by atoms with E-state index >= 15 is 0 Å².